The highest BCUT2D eigenvalue weighted by Gasteiger charge is 2.36. The summed E-state index contributed by atoms with van der Waals surface area (Å²) in [5, 5.41) is 24.7. The molecule has 0 radical (unpaired) electrons. The van der Waals surface area contributed by atoms with Crippen LogP contribution in [0.2, 0.25) is 0 Å². The van der Waals surface area contributed by atoms with Crippen LogP contribution in [-0.4, -0.2) is 116 Å². The van der Waals surface area contributed by atoms with Gasteiger partial charge in [-0.25, -0.2) is 9.59 Å². The Morgan fingerprint density at radius 1 is 0.921 bits per heavy atom. The summed E-state index contributed by atoms with van der Waals surface area (Å²) in [7, 11) is 2.50. The number of aliphatic imine (C=N–C) groups is 2. The molecule has 4 amide bonds. The predicted molar refractivity (Wildman–Crippen MR) is 241 cm³/mol. The van der Waals surface area contributed by atoms with Gasteiger partial charge in [0.25, 0.3) is 0 Å². The van der Waals surface area contributed by atoms with Gasteiger partial charge in [-0.1, -0.05) is 105 Å². The molecule has 3 aliphatic heterocycles. The first-order valence-electron chi connectivity index (χ1n) is 20.9. The van der Waals surface area contributed by atoms with Gasteiger partial charge in [0.2, 0.25) is 11.8 Å². The van der Waals surface area contributed by atoms with E-state index < -0.39 is 36.3 Å². The maximum atomic E-state index is 13.9. The lowest BCUT2D eigenvalue weighted by molar-refractivity contribution is -0.134. The maximum absolute atomic E-state index is 13.9. The maximum Gasteiger partial charge on any atom is 0.407 e. The van der Waals surface area contributed by atoms with Gasteiger partial charge in [0, 0.05) is 13.1 Å². The highest BCUT2D eigenvalue weighted by atomic mass is 16.5. The number of hydrogen-bond acceptors (Lipinski definition) is 11. The standard InChI is InChI=1S/C48H52N8O7/c1-6-37(57)27-55(45(58)43(54-48(61)63-5)32-11-8-7-9-12-32)28-41-49-25-38(51-41)31-16-14-30(15-17-31)33-18-19-35-24-36(21-20-34(35)23-33)39-26-50-44(52-39)40-13-10-22-56(40)46(59)42(29(2)3)53-47(60)62-4/h1,7-9,11-21,23-24,29,37-38,42-44,50,57H,10,22,25-28H2,2-5H3,(H,49,51)(H,53,60)(H,54,61). The van der Waals surface area contributed by atoms with Crippen molar-refractivity contribution in [3.63, 3.8) is 0 Å². The average Bonchev–Trinajstić information content (AvgIpc) is 4.11. The number of rotatable bonds is 14. The summed E-state index contributed by atoms with van der Waals surface area (Å²) < 4.78 is 9.55. The third-order valence-corrected chi connectivity index (χ3v) is 11.4. The van der Waals surface area contributed by atoms with Crippen LogP contribution in [0.4, 0.5) is 9.59 Å². The van der Waals surface area contributed by atoms with Gasteiger partial charge in [-0.15, -0.1) is 6.42 Å². The molecule has 5 unspecified atom stereocenters. The number of hydrogen-bond donors (Lipinski definition) is 5. The van der Waals surface area contributed by atoms with E-state index in [0.29, 0.717) is 37.5 Å². The third kappa shape index (κ3) is 10.2. The normalized spacial score (nSPS) is 18.3. The molecule has 0 saturated carbocycles. The lowest BCUT2D eigenvalue weighted by atomic mass is 9.97. The Morgan fingerprint density at radius 3 is 2.27 bits per heavy atom. The predicted octanol–water partition coefficient (Wildman–Crippen LogP) is 4.68. The molecule has 0 fully saturated rings. The zero-order valence-electron chi connectivity index (χ0n) is 35.7. The topological polar surface area (TPSA) is 186 Å². The Labute approximate surface area is 366 Å². The Balaban J connectivity index is 0.993. The Morgan fingerprint density at radius 2 is 1.59 bits per heavy atom. The van der Waals surface area contributed by atoms with Crippen molar-refractivity contribution >= 4 is 46.3 Å². The second-order valence-electron chi connectivity index (χ2n) is 15.9. The number of alkyl carbamates (subject to hydrolysis) is 2. The van der Waals surface area contributed by atoms with Gasteiger partial charge in [0.05, 0.1) is 51.3 Å². The SMILES string of the molecule is C#CC(O)CN(CC1=NCC(c2ccc(-c3ccc4cc(C5=NC(C6=CCCN6C(=O)C(NC(=O)OC)C(C)C)NC5)ccc4c3)cc2)N1)C(=O)C(NC(=O)OC)c1ccccc1. The molecular weight excluding hydrogens is 801 g/mol. The first-order chi connectivity index (χ1) is 30.5. The quantitative estimate of drug-likeness (QED) is 0.112. The largest absolute Gasteiger partial charge is 0.453 e. The number of carbonyl (C=O) groups is 4. The fraction of sp³-hybridized carbons (Fsp3) is 0.333. The van der Waals surface area contributed by atoms with Crippen molar-refractivity contribution in [1.82, 2.24) is 31.1 Å². The van der Waals surface area contributed by atoms with Crippen LogP contribution in [-0.2, 0) is 19.1 Å². The van der Waals surface area contributed by atoms with E-state index in [9.17, 15) is 24.3 Å². The fourth-order valence-corrected chi connectivity index (χ4v) is 7.99. The molecule has 4 aromatic rings. The Bertz CT molecular complexity index is 2480. The smallest absolute Gasteiger partial charge is 0.407 e. The first kappa shape index (κ1) is 44.0. The van der Waals surface area contributed by atoms with Crippen LogP contribution in [0.3, 0.4) is 0 Å². The van der Waals surface area contributed by atoms with Crippen LogP contribution in [0, 0.1) is 18.3 Å². The molecule has 0 bridgehead atoms. The molecular formula is C48H52N8O7. The molecule has 7 rings (SSSR count). The fourth-order valence-electron chi connectivity index (χ4n) is 7.99. The lowest BCUT2D eigenvalue weighted by Crippen LogP contribution is -2.51. The highest BCUT2D eigenvalue weighted by molar-refractivity contribution is 6.06. The number of aliphatic hydroxyl groups is 1. The second kappa shape index (κ2) is 19.8. The average molecular weight is 853 g/mol. The van der Waals surface area contributed by atoms with E-state index in [0.717, 1.165) is 44.4 Å². The Kier molecular flexibility index (Phi) is 13.8. The van der Waals surface area contributed by atoms with Crippen LogP contribution < -0.4 is 21.3 Å². The summed E-state index contributed by atoms with van der Waals surface area (Å²) in [6.45, 7) is 5.16. The summed E-state index contributed by atoms with van der Waals surface area (Å²) in [6.07, 6.45) is 5.21. The number of methoxy groups -OCH3 is 2. The molecule has 5 atom stereocenters. The molecule has 3 aliphatic rings. The number of benzene rings is 4. The van der Waals surface area contributed by atoms with Crippen molar-refractivity contribution in [2.75, 3.05) is 46.9 Å². The summed E-state index contributed by atoms with van der Waals surface area (Å²) >= 11 is 0. The number of nitrogens with one attached hydrogen (secondary N) is 4. The van der Waals surface area contributed by atoms with Crippen molar-refractivity contribution in [2.24, 2.45) is 15.9 Å². The molecule has 15 heteroatoms. The minimum atomic E-state index is -1.23. The molecule has 0 aromatic heterocycles. The van der Waals surface area contributed by atoms with Crippen molar-refractivity contribution in [1.29, 1.82) is 0 Å². The molecule has 0 aliphatic carbocycles. The van der Waals surface area contributed by atoms with E-state index in [-0.39, 0.29) is 37.1 Å². The van der Waals surface area contributed by atoms with Gasteiger partial charge < -0.3 is 40.3 Å². The number of amides is 4. The van der Waals surface area contributed by atoms with Gasteiger partial charge >= 0.3 is 12.2 Å². The molecule has 0 spiro atoms. The van der Waals surface area contributed by atoms with Crippen LogP contribution in [0.1, 0.15) is 49.0 Å². The van der Waals surface area contributed by atoms with Crippen molar-refractivity contribution in [3.05, 3.63) is 119 Å². The minimum absolute atomic E-state index is 0.0375. The van der Waals surface area contributed by atoms with E-state index >= 15 is 0 Å². The van der Waals surface area contributed by atoms with Crippen LogP contribution in [0.25, 0.3) is 21.9 Å². The summed E-state index contributed by atoms with van der Waals surface area (Å²) in [5.41, 5.74) is 6.36. The highest BCUT2D eigenvalue weighted by Crippen LogP contribution is 2.29. The summed E-state index contributed by atoms with van der Waals surface area (Å²) in [5.74, 6) is 2.03. The molecule has 5 N–H and O–H groups in total. The molecule has 4 aromatic carbocycles. The number of aliphatic hydroxyl groups excluding tert-OH is 1. The molecule has 0 saturated heterocycles. The monoisotopic (exact) mass is 852 g/mol. The molecule has 3 heterocycles. The number of fused-ring (bicyclic) bond motifs is 1. The summed E-state index contributed by atoms with van der Waals surface area (Å²) in [4.78, 5) is 64.5. The lowest BCUT2D eigenvalue weighted by Gasteiger charge is -2.29. The third-order valence-electron chi connectivity index (χ3n) is 11.4. The zero-order chi connectivity index (χ0) is 44.6. The number of carbonyl (C=O) groups excluding carboxylic acids is 4. The van der Waals surface area contributed by atoms with E-state index in [2.05, 4.69) is 92.8 Å². The Hall–Kier alpha value is -7.02. The molecule has 63 heavy (non-hydrogen) atoms. The zero-order valence-corrected chi connectivity index (χ0v) is 35.7. The van der Waals surface area contributed by atoms with Crippen LogP contribution in [0.15, 0.2) is 113 Å². The second-order valence-corrected chi connectivity index (χ2v) is 15.9. The van der Waals surface area contributed by atoms with Crippen molar-refractivity contribution < 1.29 is 33.8 Å². The van der Waals surface area contributed by atoms with Crippen molar-refractivity contribution in [2.45, 2.75) is 50.7 Å². The van der Waals surface area contributed by atoms with Crippen LogP contribution >= 0.6 is 0 Å². The number of ether oxygens (including phenoxy) is 2. The van der Waals surface area contributed by atoms with Crippen molar-refractivity contribution in [3.8, 4) is 23.5 Å². The van der Waals surface area contributed by atoms with Gasteiger partial charge in [-0.3, -0.25) is 24.9 Å². The van der Waals surface area contributed by atoms with Gasteiger partial charge in [-0.2, -0.15) is 0 Å². The molecule has 326 valence electrons. The first-order valence-corrected chi connectivity index (χ1v) is 20.9. The van der Waals surface area contributed by atoms with E-state index in [1.807, 2.05) is 19.9 Å². The number of terminal acetylenes is 1. The van der Waals surface area contributed by atoms with Gasteiger partial charge in [0.15, 0.2) is 0 Å². The van der Waals surface area contributed by atoms with E-state index in [4.69, 9.17) is 20.9 Å². The van der Waals surface area contributed by atoms with Crippen LogP contribution in [0.5, 0.6) is 0 Å². The number of nitrogens with zero attached hydrogens (tertiary/aromatic N) is 4. The van der Waals surface area contributed by atoms with Gasteiger partial charge in [-0.05, 0) is 63.1 Å². The van der Waals surface area contributed by atoms with Gasteiger partial charge in [0.1, 0.15) is 30.2 Å². The van der Waals surface area contributed by atoms with E-state index in [1.165, 1.54) is 19.1 Å². The summed E-state index contributed by atoms with van der Waals surface area (Å²) in [6, 6.07) is 27.8. The minimum Gasteiger partial charge on any atom is -0.453 e. The van der Waals surface area contributed by atoms with E-state index in [1.54, 1.807) is 35.2 Å². The number of amidine groups is 1. The molecule has 15 nitrogen and oxygen atoms in total.